The number of imide groups is 1. The van der Waals surface area contributed by atoms with Crippen LogP contribution in [0.3, 0.4) is 0 Å². The fourth-order valence-corrected chi connectivity index (χ4v) is 5.27. The first-order valence-corrected chi connectivity index (χ1v) is 10.5. The van der Waals surface area contributed by atoms with Crippen LogP contribution in [0.4, 0.5) is 4.79 Å². The number of thiophene rings is 1. The predicted molar refractivity (Wildman–Crippen MR) is 98.6 cm³/mol. The molecule has 3 aliphatic rings. The Morgan fingerprint density at radius 2 is 1.96 bits per heavy atom. The average Bonchev–Trinajstić information content (AvgIpc) is 3.31. The highest BCUT2D eigenvalue weighted by Gasteiger charge is 2.40. The van der Waals surface area contributed by atoms with Crippen LogP contribution in [0.2, 0.25) is 0 Å². The van der Waals surface area contributed by atoms with E-state index in [1.807, 2.05) is 11.3 Å². The largest absolute Gasteiger partial charge is 0.335 e. The number of fused-ring (bicyclic) bond motifs is 1. The summed E-state index contributed by atoms with van der Waals surface area (Å²) in [6.45, 7) is 1.22. The number of urea groups is 1. The molecular formula is C19H27N3O2S. The van der Waals surface area contributed by atoms with E-state index in [2.05, 4.69) is 27.0 Å². The Bertz CT molecular complexity index is 634. The Hall–Kier alpha value is -1.40. The quantitative estimate of drug-likeness (QED) is 0.866. The second-order valence-corrected chi connectivity index (χ2v) is 8.66. The first-order chi connectivity index (χ1) is 12.2. The molecule has 2 saturated carbocycles. The van der Waals surface area contributed by atoms with Crippen molar-refractivity contribution in [3.8, 4) is 0 Å². The Morgan fingerprint density at radius 3 is 2.72 bits per heavy atom. The van der Waals surface area contributed by atoms with Gasteiger partial charge in [0.25, 0.3) is 0 Å². The smallest absolute Gasteiger partial charge is 0.321 e. The van der Waals surface area contributed by atoms with E-state index in [0.717, 1.165) is 25.8 Å². The number of carbonyl (C=O) groups excluding carboxylic acids is 2. The predicted octanol–water partition coefficient (Wildman–Crippen LogP) is 3.22. The van der Waals surface area contributed by atoms with E-state index < -0.39 is 0 Å². The van der Waals surface area contributed by atoms with Crippen molar-refractivity contribution in [1.29, 1.82) is 0 Å². The van der Waals surface area contributed by atoms with Crippen LogP contribution in [-0.2, 0) is 11.2 Å². The van der Waals surface area contributed by atoms with Crippen LogP contribution in [0, 0.1) is 5.92 Å². The monoisotopic (exact) mass is 361 g/mol. The normalized spacial score (nSPS) is 24.6. The van der Waals surface area contributed by atoms with Crippen molar-refractivity contribution in [3.05, 3.63) is 21.9 Å². The molecule has 2 N–H and O–H groups in total. The van der Waals surface area contributed by atoms with Crippen LogP contribution < -0.4 is 10.6 Å². The zero-order valence-corrected chi connectivity index (χ0v) is 15.4. The van der Waals surface area contributed by atoms with Gasteiger partial charge in [-0.25, -0.2) is 4.79 Å². The molecule has 2 aliphatic carbocycles. The SMILES string of the molecule is O=C(CN1CCc2sccc2[C@@H]1C1CC1)NC(=O)NC1CCCCC1. The standard InChI is InChI=1S/C19H27N3O2S/c23-17(21-19(24)20-14-4-2-1-3-5-14)12-22-10-8-16-15(9-11-25-16)18(22)13-6-7-13/h9,11,13-14,18H,1-8,10,12H2,(H2,20,21,23,24)/t18-/m0/s1. The molecule has 6 heteroatoms. The van der Waals surface area contributed by atoms with E-state index in [4.69, 9.17) is 0 Å². The van der Waals surface area contributed by atoms with Gasteiger partial charge in [-0.1, -0.05) is 19.3 Å². The van der Waals surface area contributed by atoms with Gasteiger partial charge in [-0.05, 0) is 55.0 Å². The summed E-state index contributed by atoms with van der Waals surface area (Å²) in [5.41, 5.74) is 1.42. The number of hydrogen-bond acceptors (Lipinski definition) is 4. The van der Waals surface area contributed by atoms with Crippen molar-refractivity contribution in [2.75, 3.05) is 13.1 Å². The van der Waals surface area contributed by atoms with Gasteiger partial charge in [0.2, 0.25) is 5.91 Å². The maximum atomic E-state index is 12.4. The summed E-state index contributed by atoms with van der Waals surface area (Å²) in [5.74, 6) is 0.496. The molecule has 0 unspecified atom stereocenters. The van der Waals surface area contributed by atoms with Crippen molar-refractivity contribution in [2.45, 2.75) is 63.5 Å². The van der Waals surface area contributed by atoms with Gasteiger partial charge in [0.05, 0.1) is 6.54 Å². The molecule has 1 aliphatic heterocycles. The molecule has 25 heavy (non-hydrogen) atoms. The summed E-state index contributed by atoms with van der Waals surface area (Å²) < 4.78 is 0. The summed E-state index contributed by atoms with van der Waals surface area (Å²) in [7, 11) is 0. The van der Waals surface area contributed by atoms with Gasteiger partial charge in [-0.15, -0.1) is 11.3 Å². The van der Waals surface area contributed by atoms with Gasteiger partial charge in [0, 0.05) is 23.5 Å². The molecule has 0 radical (unpaired) electrons. The second kappa shape index (κ2) is 7.46. The molecule has 1 aromatic rings. The first-order valence-electron chi connectivity index (χ1n) is 9.61. The lowest BCUT2D eigenvalue weighted by molar-refractivity contribution is -0.122. The lowest BCUT2D eigenvalue weighted by Crippen LogP contribution is -2.49. The summed E-state index contributed by atoms with van der Waals surface area (Å²) in [6, 6.07) is 2.49. The van der Waals surface area contributed by atoms with Crippen molar-refractivity contribution in [3.63, 3.8) is 0 Å². The molecule has 2 heterocycles. The summed E-state index contributed by atoms with van der Waals surface area (Å²) in [4.78, 5) is 28.2. The number of hydrogen-bond donors (Lipinski definition) is 2. The summed E-state index contributed by atoms with van der Waals surface area (Å²) in [6.07, 6.45) is 9.15. The van der Waals surface area contributed by atoms with Gasteiger partial charge in [-0.2, -0.15) is 0 Å². The van der Waals surface area contributed by atoms with Crippen LogP contribution in [0.5, 0.6) is 0 Å². The minimum absolute atomic E-state index is 0.183. The Morgan fingerprint density at radius 1 is 1.16 bits per heavy atom. The fourth-order valence-electron chi connectivity index (χ4n) is 4.36. The molecular weight excluding hydrogens is 334 g/mol. The third kappa shape index (κ3) is 4.06. The average molecular weight is 362 g/mol. The molecule has 1 aromatic heterocycles. The molecule has 5 nitrogen and oxygen atoms in total. The van der Waals surface area contributed by atoms with E-state index in [1.165, 1.54) is 42.5 Å². The number of amides is 3. The molecule has 4 rings (SSSR count). The third-order valence-electron chi connectivity index (χ3n) is 5.73. The van der Waals surface area contributed by atoms with E-state index in [-0.39, 0.29) is 18.0 Å². The zero-order chi connectivity index (χ0) is 17.2. The van der Waals surface area contributed by atoms with Crippen molar-refractivity contribution >= 4 is 23.3 Å². The minimum atomic E-state index is -0.326. The first kappa shape index (κ1) is 17.0. The fraction of sp³-hybridized carbons (Fsp3) is 0.684. The van der Waals surface area contributed by atoms with E-state index in [1.54, 1.807) is 0 Å². The highest BCUT2D eigenvalue weighted by Crippen LogP contribution is 2.48. The maximum absolute atomic E-state index is 12.4. The van der Waals surface area contributed by atoms with Gasteiger partial charge >= 0.3 is 6.03 Å². The topological polar surface area (TPSA) is 61.4 Å². The van der Waals surface area contributed by atoms with E-state index in [0.29, 0.717) is 18.5 Å². The third-order valence-corrected chi connectivity index (χ3v) is 6.72. The van der Waals surface area contributed by atoms with Gasteiger partial charge in [0.15, 0.2) is 0 Å². The van der Waals surface area contributed by atoms with Crippen LogP contribution in [-0.4, -0.2) is 36.0 Å². The molecule has 0 spiro atoms. The Labute approximate surface area is 153 Å². The molecule has 2 fully saturated rings. The van der Waals surface area contributed by atoms with Crippen molar-refractivity contribution in [1.82, 2.24) is 15.5 Å². The number of carbonyl (C=O) groups is 2. The number of nitrogens with zero attached hydrogens (tertiary/aromatic N) is 1. The van der Waals surface area contributed by atoms with Crippen LogP contribution in [0.1, 0.15) is 61.4 Å². The van der Waals surface area contributed by atoms with Crippen molar-refractivity contribution < 1.29 is 9.59 Å². The molecule has 0 saturated heterocycles. The molecule has 1 atom stereocenters. The minimum Gasteiger partial charge on any atom is -0.335 e. The zero-order valence-electron chi connectivity index (χ0n) is 14.6. The Balaban J connectivity index is 1.32. The maximum Gasteiger partial charge on any atom is 0.321 e. The van der Waals surface area contributed by atoms with Crippen LogP contribution in [0.25, 0.3) is 0 Å². The highest BCUT2D eigenvalue weighted by molar-refractivity contribution is 7.10. The van der Waals surface area contributed by atoms with Gasteiger partial charge < -0.3 is 5.32 Å². The van der Waals surface area contributed by atoms with Gasteiger partial charge in [0.1, 0.15) is 0 Å². The van der Waals surface area contributed by atoms with Crippen LogP contribution in [0.15, 0.2) is 11.4 Å². The van der Waals surface area contributed by atoms with E-state index >= 15 is 0 Å². The molecule has 136 valence electrons. The number of nitrogens with one attached hydrogen (secondary N) is 2. The number of rotatable bonds is 4. The van der Waals surface area contributed by atoms with Crippen LogP contribution >= 0.6 is 11.3 Å². The van der Waals surface area contributed by atoms with Gasteiger partial charge in [-0.3, -0.25) is 15.0 Å². The Kier molecular flexibility index (Phi) is 5.08. The lowest BCUT2D eigenvalue weighted by Gasteiger charge is -2.35. The summed E-state index contributed by atoms with van der Waals surface area (Å²) in [5, 5.41) is 7.67. The highest BCUT2D eigenvalue weighted by atomic mass is 32.1. The lowest BCUT2D eigenvalue weighted by atomic mass is 9.96. The van der Waals surface area contributed by atoms with E-state index in [9.17, 15) is 9.59 Å². The second-order valence-electron chi connectivity index (χ2n) is 7.66. The molecule has 0 bridgehead atoms. The molecule has 3 amide bonds. The summed E-state index contributed by atoms with van der Waals surface area (Å²) >= 11 is 1.83. The van der Waals surface area contributed by atoms with Crippen molar-refractivity contribution in [2.24, 2.45) is 5.92 Å². The molecule has 0 aromatic carbocycles.